The molecule has 2 rings (SSSR count). The van der Waals surface area contributed by atoms with E-state index in [4.69, 9.17) is 9.47 Å². The lowest BCUT2D eigenvalue weighted by atomic mass is 10.0. The molecule has 0 aliphatic rings. The minimum atomic E-state index is 0.547. The maximum absolute atomic E-state index is 5.76. The van der Waals surface area contributed by atoms with Crippen LogP contribution in [0.15, 0.2) is 48.5 Å². The van der Waals surface area contributed by atoms with Gasteiger partial charge in [0, 0.05) is 6.54 Å². The van der Waals surface area contributed by atoms with E-state index in [1.807, 2.05) is 43.3 Å². The summed E-state index contributed by atoms with van der Waals surface area (Å²) < 4.78 is 11.3. The standard InChI is InChI=1S/C19H25NO2/c1-4-21-19-8-6-5-7-18(19)20-13-14-22-17-11-9-16(10-12-17)15(2)3/h5-12,15,20H,4,13-14H2,1-3H3. The van der Waals surface area contributed by atoms with E-state index in [2.05, 4.69) is 31.3 Å². The van der Waals surface area contributed by atoms with Crippen molar-refractivity contribution in [3.05, 3.63) is 54.1 Å². The first-order valence-corrected chi connectivity index (χ1v) is 7.89. The molecule has 3 nitrogen and oxygen atoms in total. The molecule has 0 atom stereocenters. The lowest BCUT2D eigenvalue weighted by Crippen LogP contribution is -2.12. The van der Waals surface area contributed by atoms with Gasteiger partial charge in [-0.3, -0.25) is 0 Å². The molecule has 22 heavy (non-hydrogen) atoms. The van der Waals surface area contributed by atoms with E-state index in [-0.39, 0.29) is 0 Å². The Morgan fingerprint density at radius 2 is 1.68 bits per heavy atom. The van der Waals surface area contributed by atoms with Gasteiger partial charge in [-0.15, -0.1) is 0 Å². The molecular formula is C19H25NO2. The van der Waals surface area contributed by atoms with Crippen molar-refractivity contribution in [2.45, 2.75) is 26.7 Å². The zero-order chi connectivity index (χ0) is 15.8. The highest BCUT2D eigenvalue weighted by Crippen LogP contribution is 2.23. The molecule has 0 fully saturated rings. The Bertz CT molecular complexity index is 564. The molecule has 3 heteroatoms. The van der Waals surface area contributed by atoms with Gasteiger partial charge in [-0.1, -0.05) is 38.1 Å². The summed E-state index contributed by atoms with van der Waals surface area (Å²) in [6.45, 7) is 8.38. The number of benzene rings is 2. The first kappa shape index (κ1) is 16.2. The first-order chi connectivity index (χ1) is 10.7. The largest absolute Gasteiger partial charge is 0.492 e. The predicted octanol–water partition coefficient (Wildman–Crippen LogP) is 4.70. The molecule has 0 radical (unpaired) electrons. The summed E-state index contributed by atoms with van der Waals surface area (Å²) in [6, 6.07) is 16.3. The molecule has 0 heterocycles. The third-order valence-corrected chi connectivity index (χ3v) is 3.42. The fraction of sp³-hybridized carbons (Fsp3) is 0.368. The van der Waals surface area contributed by atoms with E-state index in [1.165, 1.54) is 5.56 Å². The van der Waals surface area contributed by atoms with Crippen LogP contribution < -0.4 is 14.8 Å². The summed E-state index contributed by atoms with van der Waals surface area (Å²) >= 11 is 0. The predicted molar refractivity (Wildman–Crippen MR) is 92.1 cm³/mol. The van der Waals surface area contributed by atoms with Gasteiger partial charge in [0.15, 0.2) is 0 Å². The maximum atomic E-state index is 5.76. The van der Waals surface area contributed by atoms with E-state index >= 15 is 0 Å². The van der Waals surface area contributed by atoms with Crippen molar-refractivity contribution < 1.29 is 9.47 Å². The third-order valence-electron chi connectivity index (χ3n) is 3.42. The van der Waals surface area contributed by atoms with Gasteiger partial charge in [0.1, 0.15) is 18.1 Å². The molecular weight excluding hydrogens is 274 g/mol. The van der Waals surface area contributed by atoms with Crippen LogP contribution in [0.5, 0.6) is 11.5 Å². The average Bonchev–Trinajstić information content (AvgIpc) is 2.53. The number of anilines is 1. The van der Waals surface area contributed by atoms with Crippen LogP contribution in [0, 0.1) is 0 Å². The monoisotopic (exact) mass is 299 g/mol. The lowest BCUT2D eigenvalue weighted by molar-refractivity contribution is 0.330. The number of ether oxygens (including phenoxy) is 2. The second-order valence-corrected chi connectivity index (χ2v) is 5.43. The van der Waals surface area contributed by atoms with E-state index in [0.717, 1.165) is 23.7 Å². The van der Waals surface area contributed by atoms with Crippen LogP contribution in [0.3, 0.4) is 0 Å². The van der Waals surface area contributed by atoms with Crippen molar-refractivity contribution in [3.8, 4) is 11.5 Å². The van der Waals surface area contributed by atoms with Crippen molar-refractivity contribution >= 4 is 5.69 Å². The van der Waals surface area contributed by atoms with Crippen molar-refractivity contribution in [2.75, 3.05) is 25.1 Å². The van der Waals surface area contributed by atoms with Gasteiger partial charge in [0.2, 0.25) is 0 Å². The molecule has 0 unspecified atom stereocenters. The van der Waals surface area contributed by atoms with Crippen LogP contribution in [-0.2, 0) is 0 Å². The summed E-state index contributed by atoms with van der Waals surface area (Å²) in [7, 11) is 0. The Hall–Kier alpha value is -2.16. The van der Waals surface area contributed by atoms with Crippen LogP contribution in [0.1, 0.15) is 32.3 Å². The van der Waals surface area contributed by atoms with Crippen molar-refractivity contribution in [2.24, 2.45) is 0 Å². The molecule has 0 aliphatic carbocycles. The van der Waals surface area contributed by atoms with Crippen molar-refractivity contribution in [1.29, 1.82) is 0 Å². The molecule has 2 aromatic rings. The van der Waals surface area contributed by atoms with Gasteiger partial charge in [0.25, 0.3) is 0 Å². The summed E-state index contributed by atoms with van der Waals surface area (Å²) in [5.74, 6) is 2.33. The summed E-state index contributed by atoms with van der Waals surface area (Å²) in [4.78, 5) is 0. The molecule has 2 aromatic carbocycles. The smallest absolute Gasteiger partial charge is 0.142 e. The maximum Gasteiger partial charge on any atom is 0.142 e. The van der Waals surface area contributed by atoms with E-state index in [0.29, 0.717) is 19.1 Å². The minimum absolute atomic E-state index is 0.547. The second-order valence-electron chi connectivity index (χ2n) is 5.43. The quantitative estimate of drug-likeness (QED) is 0.717. The molecule has 118 valence electrons. The van der Waals surface area contributed by atoms with E-state index in [9.17, 15) is 0 Å². The van der Waals surface area contributed by atoms with Gasteiger partial charge in [0.05, 0.1) is 12.3 Å². The van der Waals surface area contributed by atoms with Crippen LogP contribution in [0.2, 0.25) is 0 Å². The Morgan fingerprint density at radius 3 is 2.36 bits per heavy atom. The molecule has 0 amide bonds. The van der Waals surface area contributed by atoms with Gasteiger partial charge < -0.3 is 14.8 Å². The minimum Gasteiger partial charge on any atom is -0.492 e. The fourth-order valence-corrected chi connectivity index (χ4v) is 2.20. The fourth-order valence-electron chi connectivity index (χ4n) is 2.20. The first-order valence-electron chi connectivity index (χ1n) is 7.89. The SMILES string of the molecule is CCOc1ccccc1NCCOc1ccc(C(C)C)cc1. The molecule has 0 aromatic heterocycles. The molecule has 0 aliphatic heterocycles. The van der Waals surface area contributed by atoms with Crippen LogP contribution in [0.25, 0.3) is 0 Å². The summed E-state index contributed by atoms with van der Waals surface area (Å²) in [5, 5.41) is 3.35. The van der Waals surface area contributed by atoms with Gasteiger partial charge in [-0.2, -0.15) is 0 Å². The highest BCUT2D eigenvalue weighted by Gasteiger charge is 2.02. The Kier molecular flexibility index (Phi) is 6.13. The van der Waals surface area contributed by atoms with Gasteiger partial charge >= 0.3 is 0 Å². The van der Waals surface area contributed by atoms with Crippen molar-refractivity contribution in [1.82, 2.24) is 0 Å². The topological polar surface area (TPSA) is 30.5 Å². The number of para-hydroxylation sites is 2. The van der Waals surface area contributed by atoms with Crippen LogP contribution in [0.4, 0.5) is 5.69 Å². The Balaban J connectivity index is 1.79. The highest BCUT2D eigenvalue weighted by atomic mass is 16.5. The summed E-state index contributed by atoms with van der Waals surface area (Å²) in [5.41, 5.74) is 2.33. The molecule has 0 saturated carbocycles. The van der Waals surface area contributed by atoms with Crippen LogP contribution in [-0.4, -0.2) is 19.8 Å². The summed E-state index contributed by atoms with van der Waals surface area (Å²) in [6.07, 6.45) is 0. The van der Waals surface area contributed by atoms with Crippen LogP contribution >= 0.6 is 0 Å². The number of rotatable bonds is 8. The Labute approximate surface area is 133 Å². The Morgan fingerprint density at radius 1 is 0.955 bits per heavy atom. The average molecular weight is 299 g/mol. The van der Waals surface area contributed by atoms with E-state index < -0.39 is 0 Å². The van der Waals surface area contributed by atoms with E-state index in [1.54, 1.807) is 0 Å². The third kappa shape index (κ3) is 4.69. The highest BCUT2D eigenvalue weighted by molar-refractivity contribution is 5.56. The molecule has 0 saturated heterocycles. The zero-order valence-electron chi connectivity index (χ0n) is 13.6. The van der Waals surface area contributed by atoms with Crippen molar-refractivity contribution in [3.63, 3.8) is 0 Å². The zero-order valence-corrected chi connectivity index (χ0v) is 13.6. The molecule has 1 N–H and O–H groups in total. The molecule has 0 spiro atoms. The van der Waals surface area contributed by atoms with Gasteiger partial charge in [-0.25, -0.2) is 0 Å². The number of hydrogen-bond acceptors (Lipinski definition) is 3. The number of nitrogens with one attached hydrogen (secondary N) is 1. The number of hydrogen-bond donors (Lipinski definition) is 1. The molecule has 0 bridgehead atoms. The van der Waals surface area contributed by atoms with Gasteiger partial charge in [-0.05, 0) is 42.7 Å². The lowest BCUT2D eigenvalue weighted by Gasteiger charge is -2.13. The normalized spacial score (nSPS) is 10.5. The second kappa shape index (κ2) is 8.32.